The maximum absolute atomic E-state index is 4.27. The lowest BCUT2D eigenvalue weighted by atomic mass is 9.89. The molecule has 12 aliphatic rings. The van der Waals surface area contributed by atoms with Crippen molar-refractivity contribution in [3.63, 3.8) is 0 Å². The molecule has 8 N–H and O–H groups in total. The number of benzene rings is 9. The molecular formula is C74H74N8. The Morgan fingerprint density at radius 1 is 0.220 bits per heavy atom. The van der Waals surface area contributed by atoms with Crippen molar-refractivity contribution >= 4 is 0 Å². The van der Waals surface area contributed by atoms with Crippen molar-refractivity contribution in [3.05, 3.63) is 319 Å². The van der Waals surface area contributed by atoms with Gasteiger partial charge in [-0.15, -0.1) is 0 Å². The molecule has 4 saturated heterocycles. The minimum atomic E-state index is -0.0492. The summed E-state index contributed by atoms with van der Waals surface area (Å²) in [6, 6.07) is 83.3. The third-order valence-corrected chi connectivity index (χ3v) is 19.0. The van der Waals surface area contributed by atoms with Crippen molar-refractivity contribution < 1.29 is 0 Å². The summed E-state index contributed by atoms with van der Waals surface area (Å²) >= 11 is 0. The van der Waals surface area contributed by atoms with Crippen LogP contribution in [0.3, 0.4) is 0 Å². The lowest BCUT2D eigenvalue weighted by molar-refractivity contribution is 0.538. The standard InChI is InChI=1S/C74H74N8/c1-5-14-55(15-6-1)65-66(56-16-7-2-8-17-56)78-72(77-65)62-43-49-26-27-50-31-35-54(39-38-53(62)34-30-49)64(45-50)74-80-68(58-20-11-4-12-21-58)70(82-74)60-23-13-22-59(46-60)69-67(57-18-9-3-10-19-57)79-73(81-69)63-44-48-25-24-47-28-32-51(36-37-52(63)33-29-48)61(42-47)71-75-40-41-76-71/h1-23,28-35,42-46,65-82H,24-27,36-41H2. The third kappa shape index (κ3) is 10.4. The second kappa shape index (κ2) is 22.8. The molecule has 0 spiro atoms. The van der Waals surface area contributed by atoms with Gasteiger partial charge < -0.3 is 0 Å². The molecule has 0 amide bonds. The fraction of sp³-hybridized carbons (Fsp3) is 0.270. The van der Waals surface area contributed by atoms with Gasteiger partial charge in [0, 0.05) is 13.1 Å². The molecule has 4 aliphatic heterocycles. The normalized spacial score (nSPS) is 25.2. The molecule has 21 rings (SSSR count). The lowest BCUT2D eigenvalue weighted by Crippen LogP contribution is -2.25. The first kappa shape index (κ1) is 51.5. The smallest absolute Gasteiger partial charge is 0.0849 e. The van der Waals surface area contributed by atoms with Crippen molar-refractivity contribution in [1.29, 1.82) is 0 Å². The quantitative estimate of drug-likeness (QED) is 0.0687. The van der Waals surface area contributed by atoms with Gasteiger partial charge >= 0.3 is 0 Å². The zero-order chi connectivity index (χ0) is 54.3. The van der Waals surface area contributed by atoms with E-state index < -0.39 is 0 Å². The lowest BCUT2D eigenvalue weighted by Gasteiger charge is -2.24. The van der Waals surface area contributed by atoms with E-state index in [0.717, 1.165) is 64.5 Å². The minimum absolute atomic E-state index is 0.0151. The number of nitrogens with one attached hydrogen (secondary N) is 8. The summed E-state index contributed by atoms with van der Waals surface area (Å²) in [5.74, 6) is 0. The predicted octanol–water partition coefficient (Wildman–Crippen LogP) is 12.7. The van der Waals surface area contributed by atoms with E-state index in [9.17, 15) is 0 Å². The molecular weight excluding hydrogens is 1000 g/mol. The Hall–Kier alpha value is -7.34. The van der Waals surface area contributed by atoms with Gasteiger partial charge in [0.25, 0.3) is 0 Å². The Morgan fingerprint density at radius 3 is 0.768 bits per heavy atom. The molecule has 410 valence electrons. The minimum Gasteiger partial charge on any atom is -0.297 e. The summed E-state index contributed by atoms with van der Waals surface area (Å²) in [5.41, 5.74) is 24.5. The number of aryl methyl sites for hydroxylation is 8. The first-order valence-electron chi connectivity index (χ1n) is 30.4. The van der Waals surface area contributed by atoms with Crippen LogP contribution in [0.4, 0.5) is 0 Å². The second-order valence-corrected chi connectivity index (χ2v) is 24.0. The first-order chi connectivity index (χ1) is 40.6. The van der Waals surface area contributed by atoms with Crippen LogP contribution < -0.4 is 42.5 Å². The molecule has 4 fully saturated rings. The van der Waals surface area contributed by atoms with Crippen LogP contribution in [0.2, 0.25) is 0 Å². The second-order valence-electron chi connectivity index (χ2n) is 24.0. The molecule has 9 aromatic carbocycles. The highest BCUT2D eigenvalue weighted by Gasteiger charge is 2.41. The average molecular weight is 1080 g/mol. The zero-order valence-corrected chi connectivity index (χ0v) is 46.6. The summed E-state index contributed by atoms with van der Waals surface area (Å²) in [7, 11) is 0. The van der Waals surface area contributed by atoms with Gasteiger partial charge in [0.15, 0.2) is 0 Å². The highest BCUT2D eigenvalue weighted by Crippen LogP contribution is 2.45. The van der Waals surface area contributed by atoms with Crippen LogP contribution in [-0.4, -0.2) is 13.1 Å². The molecule has 8 atom stereocenters. The van der Waals surface area contributed by atoms with Gasteiger partial charge in [0.05, 0.1) is 60.9 Å². The Morgan fingerprint density at radius 2 is 0.476 bits per heavy atom. The molecule has 0 radical (unpaired) electrons. The predicted molar refractivity (Wildman–Crippen MR) is 330 cm³/mol. The number of hydrogen-bond donors (Lipinski definition) is 8. The highest BCUT2D eigenvalue weighted by molar-refractivity contribution is 5.46. The van der Waals surface area contributed by atoms with Gasteiger partial charge in [-0.1, -0.05) is 218 Å². The Kier molecular flexibility index (Phi) is 14.3. The molecule has 0 saturated carbocycles. The van der Waals surface area contributed by atoms with Crippen molar-refractivity contribution in [2.45, 2.75) is 112 Å². The van der Waals surface area contributed by atoms with Crippen LogP contribution in [-0.2, 0) is 51.4 Å². The van der Waals surface area contributed by atoms with E-state index in [-0.39, 0.29) is 60.9 Å². The molecule has 8 heteroatoms. The molecule has 0 aromatic heterocycles. The molecule has 4 heterocycles. The molecule has 8 bridgehead atoms. The Bertz CT molecular complexity index is 3650. The summed E-state index contributed by atoms with van der Waals surface area (Å²) in [5, 5.41) is 32.6. The van der Waals surface area contributed by atoms with Gasteiger partial charge in [-0.3, -0.25) is 42.5 Å². The van der Waals surface area contributed by atoms with Gasteiger partial charge in [0.1, 0.15) is 0 Å². The molecule has 82 heavy (non-hydrogen) atoms. The summed E-state index contributed by atoms with van der Waals surface area (Å²) in [6.07, 6.45) is 7.99. The zero-order valence-electron chi connectivity index (χ0n) is 46.6. The van der Waals surface area contributed by atoms with Gasteiger partial charge in [-0.05, 0) is 152 Å². The van der Waals surface area contributed by atoms with E-state index in [2.05, 4.69) is 261 Å². The summed E-state index contributed by atoms with van der Waals surface area (Å²) < 4.78 is 0. The maximum Gasteiger partial charge on any atom is 0.0849 e. The topological polar surface area (TPSA) is 96.2 Å². The van der Waals surface area contributed by atoms with Crippen LogP contribution in [0.15, 0.2) is 218 Å². The molecule has 8 nitrogen and oxygen atoms in total. The van der Waals surface area contributed by atoms with E-state index in [1.54, 1.807) is 0 Å². The van der Waals surface area contributed by atoms with Crippen LogP contribution in [0.1, 0.15) is 161 Å². The average Bonchev–Trinajstić information content (AvgIpc) is 4.57. The largest absolute Gasteiger partial charge is 0.297 e. The van der Waals surface area contributed by atoms with Gasteiger partial charge in [-0.25, -0.2) is 0 Å². The van der Waals surface area contributed by atoms with Crippen molar-refractivity contribution in [3.8, 4) is 0 Å². The van der Waals surface area contributed by atoms with E-state index in [1.807, 2.05) is 0 Å². The van der Waals surface area contributed by atoms with Crippen LogP contribution >= 0.6 is 0 Å². The third-order valence-electron chi connectivity index (χ3n) is 19.0. The van der Waals surface area contributed by atoms with Crippen LogP contribution in [0.5, 0.6) is 0 Å². The SMILES string of the molecule is c1ccc(C2NC(c3cc4ccc3CCc3ccc(cc3C3NCCN3)CC4)NC2c2cccc(C3NC(c4cc5ccc4CCc4ccc(cc4C4NC(c6ccccc6)C(c6ccccc6)N4)CC5)NC3c3ccccc3)c2)cc1. The maximum atomic E-state index is 4.27. The number of hydrogen-bond acceptors (Lipinski definition) is 8. The van der Waals surface area contributed by atoms with Gasteiger partial charge in [-0.2, -0.15) is 0 Å². The molecule has 9 aromatic rings. The highest BCUT2D eigenvalue weighted by atomic mass is 15.3. The van der Waals surface area contributed by atoms with Crippen LogP contribution in [0.25, 0.3) is 0 Å². The Labute approximate surface area is 484 Å². The van der Waals surface area contributed by atoms with E-state index >= 15 is 0 Å². The monoisotopic (exact) mass is 1070 g/mol. The van der Waals surface area contributed by atoms with E-state index in [4.69, 9.17) is 0 Å². The fourth-order valence-corrected chi connectivity index (χ4v) is 14.7. The fourth-order valence-electron chi connectivity index (χ4n) is 14.7. The first-order valence-corrected chi connectivity index (χ1v) is 30.4. The van der Waals surface area contributed by atoms with Crippen molar-refractivity contribution in [2.24, 2.45) is 0 Å². The summed E-state index contributed by atoms with van der Waals surface area (Å²) in [6.45, 7) is 2.01. The van der Waals surface area contributed by atoms with Crippen LogP contribution in [0, 0.1) is 0 Å². The Balaban J connectivity index is 0.725. The number of rotatable bonds is 10. The van der Waals surface area contributed by atoms with Crippen molar-refractivity contribution in [1.82, 2.24) is 42.5 Å². The van der Waals surface area contributed by atoms with E-state index in [1.165, 1.54) is 100 Å². The summed E-state index contributed by atoms with van der Waals surface area (Å²) in [4.78, 5) is 0. The van der Waals surface area contributed by atoms with Crippen molar-refractivity contribution in [2.75, 3.05) is 13.1 Å². The molecule has 8 unspecified atom stereocenters. The molecule has 8 aliphatic carbocycles. The van der Waals surface area contributed by atoms with Gasteiger partial charge in [0.2, 0.25) is 0 Å². The van der Waals surface area contributed by atoms with E-state index in [0.29, 0.717) is 0 Å².